The highest BCUT2D eigenvalue weighted by Gasteiger charge is 2.06. The van der Waals surface area contributed by atoms with E-state index in [2.05, 4.69) is 67.3 Å². The lowest BCUT2D eigenvalue weighted by Gasteiger charge is -2.11. The van der Waals surface area contributed by atoms with Gasteiger partial charge in [-0.05, 0) is 60.6 Å². The van der Waals surface area contributed by atoms with Crippen molar-refractivity contribution in [2.24, 2.45) is 5.73 Å². The van der Waals surface area contributed by atoms with E-state index in [1.807, 2.05) is 14.1 Å². The van der Waals surface area contributed by atoms with Crippen LogP contribution in [0.2, 0.25) is 0 Å². The average Bonchev–Trinajstić information content (AvgIpc) is 2.53. The number of hydrogen-bond donors (Lipinski definition) is 1. The van der Waals surface area contributed by atoms with Crippen LogP contribution in [0.25, 0.3) is 21.5 Å². The molecule has 116 valence electrons. The van der Waals surface area contributed by atoms with Gasteiger partial charge in [-0.2, -0.15) is 0 Å². The first-order valence-corrected chi connectivity index (χ1v) is 7.77. The first-order valence-electron chi connectivity index (χ1n) is 7.77. The molecule has 0 aromatic heterocycles. The summed E-state index contributed by atoms with van der Waals surface area (Å²) in [5.41, 5.74) is 7.96. The van der Waals surface area contributed by atoms with Gasteiger partial charge in [0.05, 0.1) is 0 Å². The van der Waals surface area contributed by atoms with Crippen molar-refractivity contribution in [3.8, 4) is 0 Å². The van der Waals surface area contributed by atoms with Gasteiger partial charge in [-0.25, -0.2) is 0 Å². The molecule has 2 heteroatoms. The molecular weight excluding hydrogens is 268 g/mol. The summed E-state index contributed by atoms with van der Waals surface area (Å²) in [5.74, 6) is 0. The molecule has 0 fully saturated rings. The summed E-state index contributed by atoms with van der Waals surface area (Å²) in [6, 6.07) is 17.3. The Bertz CT molecular complexity index is 643. The fourth-order valence-corrected chi connectivity index (χ4v) is 2.82. The first-order chi connectivity index (χ1) is 10.6. The van der Waals surface area contributed by atoms with Crippen LogP contribution in [0.15, 0.2) is 48.5 Å². The predicted octanol–water partition coefficient (Wildman–Crippen LogP) is 4.12. The molecule has 3 rings (SSSR count). The maximum absolute atomic E-state index is 5.19. The van der Waals surface area contributed by atoms with Crippen molar-refractivity contribution >= 4 is 21.5 Å². The molecule has 22 heavy (non-hydrogen) atoms. The maximum Gasteiger partial charge on any atom is 0.00985 e. The van der Waals surface area contributed by atoms with Gasteiger partial charge in [-0.1, -0.05) is 48.5 Å². The summed E-state index contributed by atoms with van der Waals surface area (Å²) in [6.07, 6.45) is 0. The number of rotatable bonds is 2. The van der Waals surface area contributed by atoms with Gasteiger partial charge in [-0.3, -0.25) is 0 Å². The molecule has 3 aromatic carbocycles. The van der Waals surface area contributed by atoms with Crippen LogP contribution >= 0.6 is 0 Å². The Kier molecular flexibility index (Phi) is 5.53. The zero-order valence-electron chi connectivity index (χ0n) is 14.1. The van der Waals surface area contributed by atoms with E-state index in [1.165, 1.54) is 32.7 Å². The van der Waals surface area contributed by atoms with Crippen molar-refractivity contribution in [2.75, 3.05) is 27.2 Å². The molecule has 0 aliphatic rings. The summed E-state index contributed by atoms with van der Waals surface area (Å²) in [4.78, 5) is 2.06. The summed E-state index contributed by atoms with van der Waals surface area (Å²) in [7, 11) is 4.01. The minimum absolute atomic E-state index is 0.757. The van der Waals surface area contributed by atoms with Crippen LogP contribution in [-0.2, 0) is 0 Å². The molecule has 0 unspecified atom stereocenters. The fraction of sp³-hybridized carbons (Fsp3) is 0.300. The van der Waals surface area contributed by atoms with Gasteiger partial charge in [0.25, 0.3) is 0 Å². The molecule has 0 spiro atoms. The molecule has 3 aromatic rings. The van der Waals surface area contributed by atoms with E-state index in [0.29, 0.717) is 0 Å². The fourth-order valence-electron chi connectivity index (χ4n) is 2.82. The van der Waals surface area contributed by atoms with Gasteiger partial charge in [0, 0.05) is 13.1 Å². The third-order valence-corrected chi connectivity index (χ3v) is 4.05. The van der Waals surface area contributed by atoms with E-state index in [0.717, 1.165) is 13.1 Å². The second-order valence-electron chi connectivity index (χ2n) is 5.93. The second-order valence-corrected chi connectivity index (χ2v) is 5.93. The van der Waals surface area contributed by atoms with Crippen LogP contribution in [0.1, 0.15) is 11.1 Å². The van der Waals surface area contributed by atoms with Crippen LogP contribution in [0.5, 0.6) is 0 Å². The number of nitrogens with zero attached hydrogens (tertiary/aromatic N) is 1. The standard InChI is InChI=1S/C16H14.C4H12N2/c1-11-13-7-3-5-9-15(13)12(2)16-10-6-4-8-14(11)16;1-6(2)4-3-5/h3-10H,1-2H3;3-5H2,1-2H3. The Morgan fingerprint density at radius 3 is 1.23 bits per heavy atom. The van der Waals surface area contributed by atoms with Gasteiger partial charge in [0.1, 0.15) is 0 Å². The molecule has 0 saturated heterocycles. The molecule has 0 bridgehead atoms. The van der Waals surface area contributed by atoms with Crippen molar-refractivity contribution in [1.29, 1.82) is 0 Å². The van der Waals surface area contributed by atoms with Crippen molar-refractivity contribution in [3.63, 3.8) is 0 Å². The Labute approximate surface area is 133 Å². The Hall–Kier alpha value is -1.90. The van der Waals surface area contributed by atoms with E-state index in [1.54, 1.807) is 0 Å². The lowest BCUT2D eigenvalue weighted by molar-refractivity contribution is 0.420. The highest BCUT2D eigenvalue weighted by molar-refractivity contribution is 6.05. The van der Waals surface area contributed by atoms with Gasteiger partial charge < -0.3 is 10.6 Å². The number of fused-ring (bicyclic) bond motifs is 2. The van der Waals surface area contributed by atoms with Crippen molar-refractivity contribution in [1.82, 2.24) is 4.90 Å². The van der Waals surface area contributed by atoms with Crippen LogP contribution < -0.4 is 5.73 Å². The SMILES string of the molecule is CN(C)CCN.Cc1c2ccccc2c(C)c2ccccc12. The van der Waals surface area contributed by atoms with Crippen molar-refractivity contribution in [2.45, 2.75) is 13.8 Å². The van der Waals surface area contributed by atoms with E-state index in [4.69, 9.17) is 5.73 Å². The zero-order valence-corrected chi connectivity index (χ0v) is 14.1. The summed E-state index contributed by atoms with van der Waals surface area (Å²) < 4.78 is 0. The van der Waals surface area contributed by atoms with E-state index >= 15 is 0 Å². The van der Waals surface area contributed by atoms with Gasteiger partial charge in [-0.15, -0.1) is 0 Å². The van der Waals surface area contributed by atoms with Crippen LogP contribution in [0.4, 0.5) is 0 Å². The Morgan fingerprint density at radius 1 is 0.727 bits per heavy atom. The minimum Gasteiger partial charge on any atom is -0.329 e. The van der Waals surface area contributed by atoms with Gasteiger partial charge in [0.2, 0.25) is 0 Å². The highest BCUT2D eigenvalue weighted by Crippen LogP contribution is 2.31. The molecule has 0 aliphatic carbocycles. The smallest absolute Gasteiger partial charge is 0.00985 e. The molecule has 2 N–H and O–H groups in total. The predicted molar refractivity (Wildman–Crippen MR) is 98.5 cm³/mol. The molecule has 0 amide bonds. The van der Waals surface area contributed by atoms with E-state index in [9.17, 15) is 0 Å². The zero-order chi connectivity index (χ0) is 16.1. The van der Waals surface area contributed by atoms with E-state index in [-0.39, 0.29) is 0 Å². The van der Waals surface area contributed by atoms with E-state index < -0.39 is 0 Å². The molecule has 0 aliphatic heterocycles. The third-order valence-electron chi connectivity index (χ3n) is 4.05. The van der Waals surface area contributed by atoms with Crippen LogP contribution in [0.3, 0.4) is 0 Å². The van der Waals surface area contributed by atoms with Crippen LogP contribution in [-0.4, -0.2) is 32.1 Å². The third kappa shape index (κ3) is 3.46. The van der Waals surface area contributed by atoms with Crippen molar-refractivity contribution < 1.29 is 0 Å². The number of benzene rings is 3. The summed E-state index contributed by atoms with van der Waals surface area (Å²) in [5, 5.41) is 5.50. The van der Waals surface area contributed by atoms with Crippen LogP contribution in [0, 0.1) is 13.8 Å². The highest BCUT2D eigenvalue weighted by atomic mass is 15.1. The normalized spacial score (nSPS) is 10.8. The molecular formula is C20H26N2. The monoisotopic (exact) mass is 294 g/mol. The molecule has 0 atom stereocenters. The number of hydrogen-bond acceptors (Lipinski definition) is 2. The molecule has 0 heterocycles. The second kappa shape index (κ2) is 7.39. The quantitative estimate of drug-likeness (QED) is 0.720. The number of nitrogens with two attached hydrogens (primary N) is 1. The summed E-state index contributed by atoms with van der Waals surface area (Å²) >= 11 is 0. The summed E-state index contributed by atoms with van der Waals surface area (Å²) in [6.45, 7) is 6.17. The number of aryl methyl sites for hydroxylation is 2. The van der Waals surface area contributed by atoms with Gasteiger partial charge >= 0.3 is 0 Å². The lowest BCUT2D eigenvalue weighted by Crippen LogP contribution is -2.20. The van der Waals surface area contributed by atoms with Crippen molar-refractivity contribution in [3.05, 3.63) is 59.7 Å². The molecule has 0 radical (unpaired) electrons. The minimum atomic E-state index is 0.757. The maximum atomic E-state index is 5.19. The molecule has 0 saturated carbocycles. The largest absolute Gasteiger partial charge is 0.329 e. The molecule has 2 nitrogen and oxygen atoms in total. The number of likely N-dealkylation sites (N-methyl/N-ethyl adjacent to an activating group) is 1. The first kappa shape index (κ1) is 16.5. The Balaban J connectivity index is 0.000000254. The van der Waals surface area contributed by atoms with Gasteiger partial charge in [0.15, 0.2) is 0 Å². The average molecular weight is 294 g/mol. The Morgan fingerprint density at radius 2 is 1.05 bits per heavy atom. The lowest BCUT2D eigenvalue weighted by atomic mass is 9.93. The topological polar surface area (TPSA) is 29.3 Å².